The molecule has 8 heteroatoms. The number of nitrogens with zero attached hydrogens (tertiary/aromatic N) is 2. The average Bonchev–Trinajstić information content (AvgIpc) is 3.33. The average molecular weight is 411 g/mol. The highest BCUT2D eigenvalue weighted by Gasteiger charge is 2.27. The van der Waals surface area contributed by atoms with E-state index in [1.807, 2.05) is 30.5 Å². The smallest absolute Gasteiger partial charge is 0.306 e. The van der Waals surface area contributed by atoms with Crippen LogP contribution in [0.1, 0.15) is 25.7 Å². The van der Waals surface area contributed by atoms with Crippen molar-refractivity contribution in [2.75, 3.05) is 0 Å². The summed E-state index contributed by atoms with van der Waals surface area (Å²) in [4.78, 5) is 26.5. The van der Waals surface area contributed by atoms with E-state index in [1.165, 1.54) is 0 Å². The highest BCUT2D eigenvalue weighted by Crippen LogP contribution is 2.32. The van der Waals surface area contributed by atoms with Gasteiger partial charge in [0, 0.05) is 17.3 Å². The van der Waals surface area contributed by atoms with Gasteiger partial charge in [0.15, 0.2) is 5.65 Å². The normalized spacial score (nSPS) is 19.6. The van der Waals surface area contributed by atoms with Crippen molar-refractivity contribution in [3.63, 3.8) is 0 Å². The molecule has 0 atom stereocenters. The summed E-state index contributed by atoms with van der Waals surface area (Å²) in [5.41, 5.74) is 3.84. The number of carboxylic acids is 1. The fraction of sp³-hybridized carbons (Fsp3) is 0.286. The van der Waals surface area contributed by atoms with Gasteiger partial charge in [0.2, 0.25) is 0 Å². The van der Waals surface area contributed by atoms with Crippen molar-refractivity contribution in [1.82, 2.24) is 19.9 Å². The van der Waals surface area contributed by atoms with Crippen molar-refractivity contribution >= 4 is 39.6 Å². The van der Waals surface area contributed by atoms with Crippen LogP contribution in [0, 0.1) is 5.92 Å². The summed E-state index contributed by atoms with van der Waals surface area (Å²) in [6, 6.07) is 10.2. The first-order valence-electron chi connectivity index (χ1n) is 9.60. The number of aromatic nitrogens is 4. The first-order valence-corrected chi connectivity index (χ1v) is 9.98. The number of aliphatic carboxylic acids is 1. The SMILES string of the molecule is O=C(O)[C@H]1CC[C@H](Oc2nc3cc(Cl)c(-c4ccc5cc[nH]c5c4)nc3[nH]2)CC1. The Morgan fingerprint density at radius 3 is 2.76 bits per heavy atom. The van der Waals surface area contributed by atoms with Crippen LogP contribution in [0.25, 0.3) is 33.3 Å². The van der Waals surface area contributed by atoms with Crippen molar-refractivity contribution in [3.05, 3.63) is 41.6 Å². The quantitative estimate of drug-likeness (QED) is 0.449. The molecule has 148 valence electrons. The van der Waals surface area contributed by atoms with Crippen LogP contribution in [-0.2, 0) is 4.79 Å². The molecule has 0 aliphatic heterocycles. The molecule has 0 saturated heterocycles. The molecule has 1 aromatic carbocycles. The van der Waals surface area contributed by atoms with Crippen molar-refractivity contribution in [2.45, 2.75) is 31.8 Å². The molecular weight excluding hydrogens is 392 g/mol. The number of carbonyl (C=O) groups is 1. The number of rotatable bonds is 4. The lowest BCUT2D eigenvalue weighted by molar-refractivity contribution is -0.143. The van der Waals surface area contributed by atoms with Crippen LogP contribution in [0.15, 0.2) is 36.5 Å². The molecule has 0 spiro atoms. The fourth-order valence-corrected chi connectivity index (χ4v) is 4.19. The molecule has 29 heavy (non-hydrogen) atoms. The first kappa shape index (κ1) is 18.0. The van der Waals surface area contributed by atoms with Crippen LogP contribution >= 0.6 is 11.6 Å². The standard InChI is InChI=1S/C21H19ClN4O3/c22-15-10-17-19(25-18(15)13-2-1-11-7-8-23-16(11)9-13)26-21(24-17)29-14-5-3-12(4-6-14)20(27)28/h1-2,7-10,12,14,23H,3-6H2,(H,27,28)(H,24,25,26)/t12-,14-. The van der Waals surface area contributed by atoms with Gasteiger partial charge in [0.1, 0.15) is 11.6 Å². The van der Waals surface area contributed by atoms with Crippen molar-refractivity contribution in [2.24, 2.45) is 5.92 Å². The summed E-state index contributed by atoms with van der Waals surface area (Å²) >= 11 is 6.49. The molecule has 0 amide bonds. The van der Waals surface area contributed by atoms with Gasteiger partial charge in [0.05, 0.1) is 16.6 Å². The van der Waals surface area contributed by atoms with Crippen LogP contribution in [-0.4, -0.2) is 37.1 Å². The van der Waals surface area contributed by atoms with Crippen LogP contribution in [0.2, 0.25) is 5.02 Å². The molecule has 1 saturated carbocycles. The minimum Gasteiger partial charge on any atom is -0.481 e. The summed E-state index contributed by atoms with van der Waals surface area (Å²) in [7, 11) is 0. The number of carboxylic acid groups (broad SMARTS) is 1. The van der Waals surface area contributed by atoms with Crippen molar-refractivity contribution in [1.29, 1.82) is 0 Å². The third kappa shape index (κ3) is 3.42. The Morgan fingerprint density at radius 2 is 1.97 bits per heavy atom. The van der Waals surface area contributed by atoms with Crippen LogP contribution in [0.4, 0.5) is 0 Å². The number of H-pyrrole nitrogens is 2. The molecule has 0 unspecified atom stereocenters. The summed E-state index contributed by atoms with van der Waals surface area (Å²) in [6.45, 7) is 0. The molecule has 1 aliphatic rings. The van der Waals surface area contributed by atoms with Gasteiger partial charge in [-0.2, -0.15) is 4.98 Å². The number of hydrogen-bond acceptors (Lipinski definition) is 4. The van der Waals surface area contributed by atoms with E-state index in [0.29, 0.717) is 53.6 Å². The first-order chi connectivity index (χ1) is 14.1. The van der Waals surface area contributed by atoms with E-state index >= 15 is 0 Å². The van der Waals surface area contributed by atoms with E-state index in [1.54, 1.807) is 6.07 Å². The third-order valence-corrected chi connectivity index (χ3v) is 5.82. The Balaban J connectivity index is 1.40. The van der Waals surface area contributed by atoms with Gasteiger partial charge in [-0.25, -0.2) is 4.98 Å². The second kappa shape index (κ2) is 7.08. The Bertz CT molecular complexity index is 1210. The molecule has 4 aromatic rings. The molecule has 1 aliphatic carbocycles. The van der Waals surface area contributed by atoms with E-state index < -0.39 is 5.97 Å². The van der Waals surface area contributed by atoms with Gasteiger partial charge in [-0.3, -0.25) is 9.78 Å². The summed E-state index contributed by atoms with van der Waals surface area (Å²) in [5, 5.41) is 10.8. The molecule has 0 bridgehead atoms. The second-order valence-corrected chi connectivity index (χ2v) is 7.85. The predicted octanol–water partition coefficient (Wildman–Crippen LogP) is 4.78. The number of aromatic amines is 2. The minimum absolute atomic E-state index is 0.0450. The van der Waals surface area contributed by atoms with Crippen LogP contribution in [0.5, 0.6) is 6.01 Å². The van der Waals surface area contributed by atoms with E-state index in [0.717, 1.165) is 16.5 Å². The second-order valence-electron chi connectivity index (χ2n) is 7.44. The van der Waals surface area contributed by atoms with Crippen molar-refractivity contribution < 1.29 is 14.6 Å². The monoisotopic (exact) mass is 410 g/mol. The number of ether oxygens (including phenoxy) is 1. The van der Waals surface area contributed by atoms with Crippen LogP contribution < -0.4 is 4.74 Å². The van der Waals surface area contributed by atoms with E-state index in [-0.39, 0.29) is 12.0 Å². The Kier molecular flexibility index (Phi) is 4.39. The highest BCUT2D eigenvalue weighted by atomic mass is 35.5. The zero-order chi connectivity index (χ0) is 20.0. The molecular formula is C21H19ClN4O3. The lowest BCUT2D eigenvalue weighted by Crippen LogP contribution is -2.28. The third-order valence-electron chi connectivity index (χ3n) is 5.53. The number of fused-ring (bicyclic) bond motifs is 2. The Morgan fingerprint density at radius 1 is 1.14 bits per heavy atom. The molecule has 3 aromatic heterocycles. The predicted molar refractivity (Wildman–Crippen MR) is 110 cm³/mol. The number of halogens is 1. The highest BCUT2D eigenvalue weighted by molar-refractivity contribution is 6.33. The zero-order valence-electron chi connectivity index (χ0n) is 15.5. The van der Waals surface area contributed by atoms with Gasteiger partial charge in [-0.1, -0.05) is 23.7 Å². The minimum atomic E-state index is -0.726. The largest absolute Gasteiger partial charge is 0.481 e. The number of hydrogen-bond donors (Lipinski definition) is 3. The van der Waals surface area contributed by atoms with Gasteiger partial charge in [0.25, 0.3) is 6.01 Å². The molecule has 7 nitrogen and oxygen atoms in total. The van der Waals surface area contributed by atoms with E-state index in [9.17, 15) is 4.79 Å². The number of nitrogens with one attached hydrogen (secondary N) is 2. The maximum absolute atomic E-state index is 11.1. The number of pyridine rings is 1. The van der Waals surface area contributed by atoms with Gasteiger partial charge < -0.3 is 14.8 Å². The molecule has 5 rings (SSSR count). The Labute approximate surface area is 171 Å². The van der Waals surface area contributed by atoms with Gasteiger partial charge in [-0.15, -0.1) is 0 Å². The summed E-state index contributed by atoms with van der Waals surface area (Å²) in [5.74, 6) is -0.998. The lowest BCUT2D eigenvalue weighted by atomic mass is 9.87. The molecule has 3 heterocycles. The van der Waals surface area contributed by atoms with E-state index in [2.05, 4.69) is 19.9 Å². The fourth-order valence-electron chi connectivity index (χ4n) is 3.93. The lowest BCUT2D eigenvalue weighted by Gasteiger charge is -2.25. The maximum Gasteiger partial charge on any atom is 0.306 e. The van der Waals surface area contributed by atoms with Gasteiger partial charge >= 0.3 is 5.97 Å². The maximum atomic E-state index is 11.1. The zero-order valence-corrected chi connectivity index (χ0v) is 16.2. The number of imidazole rings is 1. The van der Waals surface area contributed by atoms with Crippen molar-refractivity contribution in [3.8, 4) is 17.3 Å². The Hall–Kier alpha value is -3.06. The molecule has 1 fully saturated rings. The topological polar surface area (TPSA) is 104 Å². The van der Waals surface area contributed by atoms with Gasteiger partial charge in [-0.05, 0) is 49.3 Å². The summed E-state index contributed by atoms with van der Waals surface area (Å²) in [6.07, 6.45) is 4.49. The number of benzene rings is 1. The molecule has 3 N–H and O–H groups in total. The molecule has 0 radical (unpaired) electrons. The summed E-state index contributed by atoms with van der Waals surface area (Å²) < 4.78 is 5.95. The van der Waals surface area contributed by atoms with E-state index in [4.69, 9.17) is 21.4 Å². The van der Waals surface area contributed by atoms with Crippen LogP contribution in [0.3, 0.4) is 0 Å².